The standard InChI is InChI=1S/C19H17BrClN5O4S.C16H15BrClNO2.C7H8N4O4S/c1-30-17-9-13(20)14(21)10-16(17)26-15-6-8-25(11-12(15)4-5-19(26)27)31(28,29)24-18-3-2-7-22-23-18;1-21-15-8-11(17)12(18)9-14(15)19-13-5-3-2-4-10(13)6-7-16(19)20;12-7-11(4-5-15-7)16(13,14)10-6-2-1-3-8-9-6/h2-5,7,9-10H,6,8,11H2,1H3,(H,23,24);6-9H,2-5H2,1H3;1-3H,4-5H2,(H,9,10). The van der Waals surface area contributed by atoms with Gasteiger partial charge >= 0.3 is 26.5 Å². The summed E-state index contributed by atoms with van der Waals surface area (Å²) in [6, 6.07) is 19.6. The van der Waals surface area contributed by atoms with Crippen molar-refractivity contribution in [2.45, 2.75) is 38.6 Å². The Morgan fingerprint density at radius 1 is 0.662 bits per heavy atom. The number of carbonyl (C=O) groups is 1. The number of hydrogen-bond acceptors (Lipinski definition) is 14. The van der Waals surface area contributed by atoms with Crippen LogP contribution in [-0.2, 0) is 51.0 Å². The molecule has 0 radical (unpaired) electrons. The van der Waals surface area contributed by atoms with E-state index in [0.717, 1.165) is 29.4 Å². The number of nitrogens with one attached hydrogen (secondary N) is 2. The monoisotopic (exact) mass is 1140 g/mol. The van der Waals surface area contributed by atoms with Gasteiger partial charge in [-0.2, -0.15) is 35.6 Å². The van der Waals surface area contributed by atoms with Gasteiger partial charge < -0.3 is 14.2 Å². The van der Waals surface area contributed by atoms with Gasteiger partial charge in [0.25, 0.3) is 11.1 Å². The highest BCUT2D eigenvalue weighted by molar-refractivity contribution is 9.10. The number of cyclic esters (lactones) is 1. The molecule has 2 N–H and O–H groups in total. The summed E-state index contributed by atoms with van der Waals surface area (Å²) in [4.78, 5) is 36.2. The predicted molar refractivity (Wildman–Crippen MR) is 261 cm³/mol. The van der Waals surface area contributed by atoms with Crippen LogP contribution in [0.3, 0.4) is 0 Å². The summed E-state index contributed by atoms with van der Waals surface area (Å²) < 4.78 is 75.4. The zero-order valence-corrected chi connectivity index (χ0v) is 42.3. The Kier molecular flexibility index (Phi) is 16.1. The minimum atomic E-state index is -3.96. The highest BCUT2D eigenvalue weighted by Gasteiger charge is 2.34. The number of halogens is 4. The lowest BCUT2D eigenvalue weighted by molar-refractivity contribution is 0.170. The van der Waals surface area contributed by atoms with E-state index < -0.39 is 26.5 Å². The number of fused-ring (bicyclic) bond motifs is 2. The van der Waals surface area contributed by atoms with E-state index >= 15 is 0 Å². The second-order valence-corrected chi connectivity index (χ2v) is 20.5. The molecule has 20 nitrogen and oxygen atoms in total. The maximum Gasteiger partial charge on any atom is 0.425 e. The Hall–Kier alpha value is -5.63. The van der Waals surface area contributed by atoms with E-state index in [0.29, 0.717) is 59.4 Å². The lowest BCUT2D eigenvalue weighted by atomic mass is 9.95. The summed E-state index contributed by atoms with van der Waals surface area (Å²) >= 11 is 19.2. The summed E-state index contributed by atoms with van der Waals surface area (Å²) in [6.07, 6.45) is 6.48. The molecule has 1 amide bonds. The third-order valence-corrected chi connectivity index (χ3v) is 15.8. The molecule has 26 heteroatoms. The van der Waals surface area contributed by atoms with Crippen LogP contribution in [0.25, 0.3) is 11.4 Å². The van der Waals surface area contributed by atoms with Crippen molar-refractivity contribution in [3.8, 4) is 22.9 Å². The zero-order valence-electron chi connectivity index (χ0n) is 35.9. The van der Waals surface area contributed by atoms with E-state index in [1.807, 2.05) is 6.07 Å². The molecule has 2 aliphatic heterocycles. The lowest BCUT2D eigenvalue weighted by Gasteiger charge is -2.30. The van der Waals surface area contributed by atoms with Crippen molar-refractivity contribution in [3.63, 3.8) is 0 Å². The fraction of sp³-hybridized carbons (Fsp3) is 0.262. The average molecular weight is 1140 g/mol. The molecule has 358 valence electrons. The molecule has 0 spiro atoms. The number of pyridine rings is 2. The van der Waals surface area contributed by atoms with Gasteiger partial charge in [-0.1, -0.05) is 35.3 Å². The Morgan fingerprint density at radius 3 is 1.68 bits per heavy atom. The number of benzene rings is 2. The molecule has 4 aromatic heterocycles. The van der Waals surface area contributed by atoms with Crippen molar-refractivity contribution < 1.29 is 35.8 Å². The third kappa shape index (κ3) is 11.4. The number of hydrogen-bond donors (Lipinski definition) is 2. The molecular formula is C42H40Br2Cl2N10O10S2. The number of nitrogens with zero attached hydrogens (tertiary/aromatic N) is 8. The van der Waals surface area contributed by atoms with E-state index in [4.69, 9.17) is 32.7 Å². The molecule has 0 bridgehead atoms. The van der Waals surface area contributed by atoms with Crippen LogP contribution in [-0.4, -0.2) is 95.0 Å². The van der Waals surface area contributed by atoms with Gasteiger partial charge in [0.05, 0.1) is 42.2 Å². The maximum atomic E-state index is 12.8. The molecule has 1 aliphatic carbocycles. The van der Waals surface area contributed by atoms with Gasteiger partial charge in [0.1, 0.15) is 18.1 Å². The van der Waals surface area contributed by atoms with Crippen molar-refractivity contribution in [3.05, 3.63) is 147 Å². The van der Waals surface area contributed by atoms with Crippen LogP contribution in [0, 0.1) is 0 Å². The van der Waals surface area contributed by atoms with Crippen molar-refractivity contribution in [1.82, 2.24) is 38.1 Å². The quantitative estimate of drug-likeness (QED) is 0.149. The van der Waals surface area contributed by atoms with E-state index in [1.165, 1.54) is 64.6 Å². The van der Waals surface area contributed by atoms with Crippen molar-refractivity contribution in [2.24, 2.45) is 0 Å². The van der Waals surface area contributed by atoms with Crippen LogP contribution in [0.15, 0.2) is 104 Å². The van der Waals surface area contributed by atoms with Gasteiger partial charge in [-0.25, -0.2) is 9.52 Å². The van der Waals surface area contributed by atoms with Gasteiger partial charge in [0, 0.05) is 64.4 Å². The van der Waals surface area contributed by atoms with Crippen LogP contribution in [0.1, 0.15) is 35.4 Å². The lowest BCUT2D eigenvalue weighted by Crippen LogP contribution is -2.41. The van der Waals surface area contributed by atoms with Crippen LogP contribution in [0.4, 0.5) is 16.4 Å². The van der Waals surface area contributed by atoms with Gasteiger partial charge in [0.15, 0.2) is 11.6 Å². The van der Waals surface area contributed by atoms with E-state index in [1.54, 1.807) is 54.1 Å². The Labute approximate surface area is 416 Å². The van der Waals surface area contributed by atoms with Crippen molar-refractivity contribution in [2.75, 3.05) is 43.4 Å². The molecule has 68 heavy (non-hydrogen) atoms. The molecule has 0 atom stereocenters. The second kappa shape index (κ2) is 21.8. The van der Waals surface area contributed by atoms with Gasteiger partial charge in [-0.05, 0) is 117 Å². The molecule has 0 unspecified atom stereocenters. The first-order valence-electron chi connectivity index (χ1n) is 20.4. The van der Waals surface area contributed by atoms with Gasteiger partial charge in [-0.3, -0.25) is 23.4 Å². The van der Waals surface area contributed by atoms with Gasteiger partial charge in [-0.15, -0.1) is 10.2 Å². The number of rotatable bonds is 10. The summed E-state index contributed by atoms with van der Waals surface area (Å²) in [6.45, 7) is 0.324. The molecule has 9 rings (SSSR count). The molecular weight excluding hydrogens is 1100 g/mol. The van der Waals surface area contributed by atoms with Crippen molar-refractivity contribution in [1.29, 1.82) is 0 Å². The van der Waals surface area contributed by atoms with Crippen LogP contribution >= 0.6 is 55.1 Å². The van der Waals surface area contributed by atoms with Gasteiger partial charge in [0.2, 0.25) is 0 Å². The summed E-state index contributed by atoms with van der Waals surface area (Å²) in [5.41, 5.74) is 4.61. The fourth-order valence-corrected chi connectivity index (χ4v) is 10.6. The molecule has 1 saturated heterocycles. The van der Waals surface area contributed by atoms with E-state index in [9.17, 15) is 31.2 Å². The van der Waals surface area contributed by atoms with E-state index in [2.05, 4.69) is 66.4 Å². The average Bonchev–Trinajstić information content (AvgIpc) is 3.78. The van der Waals surface area contributed by atoms with Crippen LogP contribution < -0.4 is 30.0 Å². The van der Waals surface area contributed by atoms with Crippen LogP contribution in [0.2, 0.25) is 10.0 Å². The molecule has 6 heterocycles. The van der Waals surface area contributed by atoms with E-state index in [-0.39, 0.29) is 49.0 Å². The summed E-state index contributed by atoms with van der Waals surface area (Å²) in [7, 11) is -4.70. The number of ether oxygens (including phenoxy) is 3. The van der Waals surface area contributed by atoms with Crippen LogP contribution in [0.5, 0.6) is 11.5 Å². The van der Waals surface area contributed by atoms with Crippen molar-refractivity contribution >= 4 is 93.2 Å². The number of carbonyl (C=O) groups excluding carboxylic acids is 1. The maximum absolute atomic E-state index is 12.8. The first-order chi connectivity index (χ1) is 32.5. The highest BCUT2D eigenvalue weighted by Crippen LogP contribution is 2.36. The highest BCUT2D eigenvalue weighted by atomic mass is 79.9. The molecule has 3 aliphatic rings. The minimum absolute atomic E-state index is 0.00553. The Bertz CT molecular complexity index is 3190. The first kappa shape index (κ1) is 50.3. The number of methoxy groups -OCH3 is 2. The fourth-order valence-electron chi connectivity index (χ4n) is 7.40. The second-order valence-electron chi connectivity index (χ2n) is 14.7. The first-order valence-corrected chi connectivity index (χ1v) is 25.6. The number of anilines is 2. The smallest absolute Gasteiger partial charge is 0.425 e. The number of aromatic nitrogens is 6. The molecule has 6 aromatic rings. The number of aryl methyl sites for hydroxylation is 1. The Balaban J connectivity index is 0.000000161. The minimum Gasteiger partial charge on any atom is -0.495 e. The topological polar surface area (TPSA) is 239 Å². The predicted octanol–water partition coefficient (Wildman–Crippen LogP) is 6.49. The summed E-state index contributed by atoms with van der Waals surface area (Å²) in [5.74, 6) is 1.27. The molecule has 2 aromatic carbocycles. The molecule has 0 saturated carbocycles. The molecule has 1 fully saturated rings. The number of amides is 1. The third-order valence-electron chi connectivity index (χ3n) is 10.5. The largest absolute Gasteiger partial charge is 0.495 e. The normalized spacial score (nSPS) is 14.5. The summed E-state index contributed by atoms with van der Waals surface area (Å²) in [5, 5.41) is 15.5. The SMILES string of the molecule is COc1cc(Br)c(Cl)cc1-n1c2c(ccc1=O)CCCC2.COc1cc(Br)c(Cl)cc1-n1c2c(ccc1=O)CN(S(=O)(=O)Nc1cccnn1)CC2.O=C1OCCN1S(=O)(=O)Nc1cccnn1. The Morgan fingerprint density at radius 2 is 1.18 bits per heavy atom. The zero-order chi connectivity index (χ0) is 48.8.